The van der Waals surface area contributed by atoms with Crippen molar-refractivity contribution in [2.75, 3.05) is 47.5 Å². The number of unbranched alkanes of at least 4 members (excludes halogenated alkanes) is 56. The largest absolute Gasteiger partial charge is 0.545 e. The zero-order chi connectivity index (χ0) is 60.5. The highest BCUT2D eigenvalue weighted by molar-refractivity contribution is 5.70. The van der Waals surface area contributed by atoms with Crippen LogP contribution in [0.1, 0.15) is 399 Å². The van der Waals surface area contributed by atoms with Crippen LogP contribution in [0.2, 0.25) is 0 Å². The Bertz CT molecular complexity index is 1320. The minimum atomic E-state index is -1.62. The molecule has 0 aliphatic carbocycles. The van der Waals surface area contributed by atoms with E-state index in [0.717, 1.165) is 38.5 Å². The Morgan fingerprint density at radius 3 is 0.771 bits per heavy atom. The first-order valence-electron chi connectivity index (χ1n) is 37.2. The van der Waals surface area contributed by atoms with Crippen LogP contribution in [-0.4, -0.2) is 82.3 Å². The number of carboxylic acid groups (broad SMARTS) is 1. The number of quaternary nitrogens is 1. The van der Waals surface area contributed by atoms with E-state index in [1.54, 1.807) is 0 Å². The van der Waals surface area contributed by atoms with Crippen molar-refractivity contribution in [2.24, 2.45) is 0 Å². The normalized spacial score (nSPS) is 12.5. The molecule has 9 heteroatoms. The van der Waals surface area contributed by atoms with Gasteiger partial charge in [0.05, 0.1) is 40.3 Å². The van der Waals surface area contributed by atoms with Crippen molar-refractivity contribution in [1.82, 2.24) is 0 Å². The fourth-order valence-corrected chi connectivity index (χ4v) is 11.7. The van der Waals surface area contributed by atoms with Crippen LogP contribution in [-0.2, 0) is 33.3 Å². The molecule has 0 bridgehead atoms. The number of nitrogens with zero attached hydrogens (tertiary/aromatic N) is 1. The third-order valence-corrected chi connectivity index (χ3v) is 17.4. The first-order chi connectivity index (χ1) is 40.6. The van der Waals surface area contributed by atoms with E-state index >= 15 is 0 Å². The fourth-order valence-electron chi connectivity index (χ4n) is 11.7. The second kappa shape index (κ2) is 66.2. The van der Waals surface area contributed by atoms with Gasteiger partial charge < -0.3 is 33.3 Å². The number of rotatable bonds is 71. The van der Waals surface area contributed by atoms with E-state index in [1.165, 1.54) is 334 Å². The molecule has 83 heavy (non-hydrogen) atoms. The molecule has 2 unspecified atom stereocenters. The van der Waals surface area contributed by atoms with Crippen molar-refractivity contribution in [3.05, 3.63) is 0 Å². The molecule has 0 spiro atoms. The molecule has 0 fully saturated rings. The molecule has 0 aromatic heterocycles. The molecule has 0 heterocycles. The van der Waals surface area contributed by atoms with Crippen molar-refractivity contribution in [3.63, 3.8) is 0 Å². The highest BCUT2D eigenvalue weighted by Gasteiger charge is 2.22. The van der Waals surface area contributed by atoms with E-state index in [-0.39, 0.29) is 32.2 Å². The minimum Gasteiger partial charge on any atom is -0.545 e. The van der Waals surface area contributed by atoms with Gasteiger partial charge in [0.1, 0.15) is 13.2 Å². The highest BCUT2D eigenvalue weighted by atomic mass is 16.7. The van der Waals surface area contributed by atoms with Gasteiger partial charge in [-0.15, -0.1) is 0 Å². The summed E-state index contributed by atoms with van der Waals surface area (Å²) in [5, 5.41) is 11.8. The van der Waals surface area contributed by atoms with Crippen LogP contribution in [0, 0.1) is 0 Å². The van der Waals surface area contributed by atoms with E-state index < -0.39 is 24.3 Å². The van der Waals surface area contributed by atoms with Gasteiger partial charge in [-0.3, -0.25) is 9.59 Å². The van der Waals surface area contributed by atoms with Crippen molar-refractivity contribution in [3.8, 4) is 0 Å². The molecular formula is C74H145NO8. The van der Waals surface area contributed by atoms with Crippen LogP contribution in [0.25, 0.3) is 0 Å². The number of hydrogen-bond donors (Lipinski definition) is 0. The lowest BCUT2D eigenvalue weighted by molar-refractivity contribution is -0.870. The molecule has 0 radical (unpaired) electrons. The first kappa shape index (κ1) is 81.3. The van der Waals surface area contributed by atoms with Gasteiger partial charge in [-0.2, -0.15) is 0 Å². The van der Waals surface area contributed by atoms with Gasteiger partial charge in [-0.05, 0) is 12.8 Å². The average molecular weight is 1180 g/mol. The predicted molar refractivity (Wildman–Crippen MR) is 353 cm³/mol. The number of carbonyl (C=O) groups is 3. The Balaban J connectivity index is 3.98. The number of carboxylic acids is 1. The number of ether oxygens (including phenoxy) is 4. The van der Waals surface area contributed by atoms with Gasteiger partial charge in [-0.1, -0.05) is 373 Å². The van der Waals surface area contributed by atoms with Crippen LogP contribution in [0.15, 0.2) is 0 Å². The Morgan fingerprint density at radius 1 is 0.313 bits per heavy atom. The second-order valence-corrected chi connectivity index (χ2v) is 27.0. The molecule has 0 saturated heterocycles. The molecule has 0 aromatic rings. The summed E-state index contributed by atoms with van der Waals surface area (Å²) in [4.78, 5) is 37.5. The summed E-state index contributed by atoms with van der Waals surface area (Å²) in [6.07, 6.45) is 76.4. The van der Waals surface area contributed by atoms with Crippen LogP contribution in [0.5, 0.6) is 0 Å². The third kappa shape index (κ3) is 67.7. The number of carbonyl (C=O) groups excluding carboxylic acids is 3. The summed E-state index contributed by atoms with van der Waals surface area (Å²) in [5.74, 6) is -2.24. The van der Waals surface area contributed by atoms with E-state index in [1.807, 2.05) is 21.1 Å². The minimum absolute atomic E-state index is 0.154. The number of esters is 2. The molecule has 9 nitrogen and oxygen atoms in total. The standard InChI is InChI=1S/C74H145NO8/c1-6-8-10-12-14-16-18-20-22-24-26-28-30-32-33-34-35-36-37-38-39-40-41-43-45-47-49-51-53-55-57-59-61-63-65-72(77)83-70(69-82-74(73(78)79)80-67-66-75(3,4)5)68-81-71(76)64-62-60-58-56-54-52-50-48-46-44-42-31-29-27-25-23-21-19-17-15-13-11-9-7-2/h70,74H,6-69H2,1-5H3. The molecular weight excluding hydrogens is 1030 g/mol. The first-order valence-corrected chi connectivity index (χ1v) is 37.2. The van der Waals surface area contributed by atoms with Gasteiger partial charge >= 0.3 is 11.9 Å². The van der Waals surface area contributed by atoms with E-state index in [2.05, 4.69) is 13.8 Å². The zero-order valence-corrected chi connectivity index (χ0v) is 56.6. The van der Waals surface area contributed by atoms with E-state index in [9.17, 15) is 19.5 Å². The van der Waals surface area contributed by atoms with Gasteiger partial charge in [-0.25, -0.2) is 0 Å². The van der Waals surface area contributed by atoms with Crippen molar-refractivity contribution >= 4 is 17.9 Å². The maximum atomic E-state index is 12.9. The molecule has 0 rings (SSSR count). The van der Waals surface area contributed by atoms with Gasteiger partial charge in [0.15, 0.2) is 12.4 Å². The molecule has 0 saturated carbocycles. The summed E-state index contributed by atoms with van der Waals surface area (Å²) >= 11 is 0. The van der Waals surface area contributed by atoms with Crippen molar-refractivity contribution in [1.29, 1.82) is 0 Å². The van der Waals surface area contributed by atoms with E-state index in [0.29, 0.717) is 17.4 Å². The third-order valence-electron chi connectivity index (χ3n) is 17.4. The Hall–Kier alpha value is -1.71. The lowest BCUT2D eigenvalue weighted by Gasteiger charge is -2.26. The monoisotopic (exact) mass is 1180 g/mol. The summed E-state index contributed by atoms with van der Waals surface area (Å²) in [7, 11) is 5.95. The van der Waals surface area contributed by atoms with Gasteiger partial charge in [0.25, 0.3) is 0 Å². The molecule has 0 amide bonds. The van der Waals surface area contributed by atoms with Crippen molar-refractivity contribution < 1.29 is 42.9 Å². The summed E-state index contributed by atoms with van der Waals surface area (Å²) in [6, 6.07) is 0. The van der Waals surface area contributed by atoms with Gasteiger partial charge in [0, 0.05) is 12.8 Å². The Kier molecular flexibility index (Phi) is 64.9. The number of aliphatic carboxylic acids is 1. The Morgan fingerprint density at radius 2 is 0.542 bits per heavy atom. The maximum absolute atomic E-state index is 12.9. The topological polar surface area (TPSA) is 111 Å². The smallest absolute Gasteiger partial charge is 0.306 e. The van der Waals surface area contributed by atoms with Crippen LogP contribution < -0.4 is 5.11 Å². The molecule has 0 N–H and O–H groups in total. The zero-order valence-electron chi connectivity index (χ0n) is 56.6. The predicted octanol–water partition coefficient (Wildman–Crippen LogP) is 21.7. The molecule has 2 atom stereocenters. The molecule has 0 aliphatic rings. The number of likely N-dealkylation sites (N-methyl/N-ethyl adjacent to an activating group) is 1. The molecule has 494 valence electrons. The van der Waals surface area contributed by atoms with Crippen LogP contribution in [0.3, 0.4) is 0 Å². The average Bonchev–Trinajstić information content (AvgIpc) is 3.46. The quantitative estimate of drug-likeness (QED) is 0.0256. The fraction of sp³-hybridized carbons (Fsp3) is 0.959. The summed E-state index contributed by atoms with van der Waals surface area (Å²) in [5.41, 5.74) is 0. The molecule has 0 aromatic carbocycles. The molecule has 0 aliphatic heterocycles. The maximum Gasteiger partial charge on any atom is 0.306 e. The van der Waals surface area contributed by atoms with Gasteiger partial charge in [0.2, 0.25) is 0 Å². The van der Waals surface area contributed by atoms with Crippen LogP contribution >= 0.6 is 0 Å². The summed E-state index contributed by atoms with van der Waals surface area (Å²) < 4.78 is 22.9. The summed E-state index contributed by atoms with van der Waals surface area (Å²) in [6.45, 7) is 4.85. The second-order valence-electron chi connectivity index (χ2n) is 27.0. The van der Waals surface area contributed by atoms with Crippen molar-refractivity contribution in [2.45, 2.75) is 411 Å². The van der Waals surface area contributed by atoms with Crippen LogP contribution in [0.4, 0.5) is 0 Å². The lowest BCUT2D eigenvalue weighted by atomic mass is 10.0. The highest BCUT2D eigenvalue weighted by Crippen LogP contribution is 2.20. The Labute approximate surface area is 517 Å². The SMILES string of the molecule is CCCCCCCCCCCCCCCCCCCCCCCCCCCCCCCCCCCCC(=O)OC(COC(=O)CCCCCCCCCCCCCCCCCCCCCCCCCC)COC(OCC[N+](C)(C)C)C(=O)[O-]. The van der Waals surface area contributed by atoms with E-state index in [4.69, 9.17) is 18.9 Å². The number of hydrogen-bond acceptors (Lipinski definition) is 8. The lowest BCUT2D eigenvalue weighted by Crippen LogP contribution is -2.44.